The third-order valence-corrected chi connectivity index (χ3v) is 4.33. The third kappa shape index (κ3) is 4.79. The van der Waals surface area contributed by atoms with Crippen LogP contribution in [-0.4, -0.2) is 37.5 Å². The van der Waals surface area contributed by atoms with Crippen molar-refractivity contribution < 1.29 is 9.18 Å². The van der Waals surface area contributed by atoms with Crippen LogP contribution in [0.15, 0.2) is 46.9 Å². The normalized spacial score (nSPS) is 12.2. The zero-order chi connectivity index (χ0) is 17.7. The van der Waals surface area contributed by atoms with E-state index in [-0.39, 0.29) is 11.6 Å². The Morgan fingerprint density at radius 2 is 1.96 bits per heavy atom. The second kappa shape index (κ2) is 8.26. The van der Waals surface area contributed by atoms with Crippen molar-refractivity contribution in [1.82, 2.24) is 4.90 Å². The Labute approximate surface area is 150 Å². The van der Waals surface area contributed by atoms with Crippen LogP contribution in [-0.2, 0) is 6.42 Å². The van der Waals surface area contributed by atoms with Gasteiger partial charge in [-0.05, 0) is 38.2 Å². The molecule has 4 nitrogen and oxygen atoms in total. The van der Waals surface area contributed by atoms with E-state index >= 15 is 0 Å². The molecule has 0 fully saturated rings. The third-order valence-electron chi connectivity index (χ3n) is 3.87. The van der Waals surface area contributed by atoms with Crippen molar-refractivity contribution in [2.45, 2.75) is 12.5 Å². The Hall–Kier alpha value is -1.92. The minimum Gasteiger partial charge on any atom is -0.383 e. The van der Waals surface area contributed by atoms with Gasteiger partial charge in [0.15, 0.2) is 0 Å². The smallest absolute Gasteiger partial charge is 0.253 e. The minimum atomic E-state index is -0.785. The summed E-state index contributed by atoms with van der Waals surface area (Å²) in [7, 11) is 3.98. The average molecular weight is 394 g/mol. The molecule has 0 aliphatic carbocycles. The van der Waals surface area contributed by atoms with Gasteiger partial charge >= 0.3 is 0 Å². The highest BCUT2D eigenvalue weighted by Gasteiger charge is 2.18. The van der Waals surface area contributed by atoms with E-state index in [1.54, 1.807) is 6.07 Å². The maximum Gasteiger partial charge on any atom is 0.253 e. The van der Waals surface area contributed by atoms with E-state index in [0.717, 1.165) is 6.42 Å². The van der Waals surface area contributed by atoms with E-state index in [9.17, 15) is 9.18 Å². The Morgan fingerprint density at radius 1 is 1.29 bits per heavy atom. The molecule has 3 N–H and O–H groups in total. The summed E-state index contributed by atoms with van der Waals surface area (Å²) < 4.78 is 14.6. The number of benzene rings is 2. The number of amides is 1. The van der Waals surface area contributed by atoms with Gasteiger partial charge < -0.3 is 16.0 Å². The van der Waals surface area contributed by atoms with E-state index < -0.39 is 11.7 Å². The first kappa shape index (κ1) is 18.4. The molecule has 0 saturated carbocycles. The predicted octanol–water partition coefficient (Wildman–Crippen LogP) is 3.27. The molecule has 1 unspecified atom stereocenters. The molecule has 0 saturated heterocycles. The summed E-state index contributed by atoms with van der Waals surface area (Å²) in [6, 6.07) is 13.2. The zero-order valence-electron chi connectivity index (χ0n) is 13.7. The lowest BCUT2D eigenvalue weighted by Crippen LogP contribution is -2.36. The molecular formula is C18H21BrFN3O. The summed E-state index contributed by atoms with van der Waals surface area (Å²) in [5.41, 5.74) is 6.81. The molecule has 2 rings (SSSR count). The fourth-order valence-corrected chi connectivity index (χ4v) is 2.94. The number of carbonyl (C=O) groups is 1. The molecule has 6 heteroatoms. The second-order valence-corrected chi connectivity index (χ2v) is 6.78. The van der Waals surface area contributed by atoms with Crippen LogP contribution >= 0.6 is 15.9 Å². The van der Waals surface area contributed by atoms with Gasteiger partial charge in [0.25, 0.3) is 5.91 Å². The monoisotopic (exact) mass is 393 g/mol. The summed E-state index contributed by atoms with van der Waals surface area (Å²) in [4.78, 5) is 13.6. The summed E-state index contributed by atoms with van der Waals surface area (Å²) in [5.74, 6) is -1.42. The first-order chi connectivity index (χ1) is 11.4. The Balaban J connectivity index is 2.16. The van der Waals surface area contributed by atoms with Crippen molar-refractivity contribution in [3.05, 3.63) is 63.9 Å². The van der Waals surface area contributed by atoms with Crippen LogP contribution in [0.25, 0.3) is 0 Å². The number of hydrogen-bond donors (Lipinski definition) is 2. The molecule has 0 spiro atoms. The van der Waals surface area contributed by atoms with Crippen LogP contribution in [0.5, 0.6) is 0 Å². The van der Waals surface area contributed by atoms with Crippen LogP contribution in [0, 0.1) is 5.82 Å². The van der Waals surface area contributed by atoms with Crippen LogP contribution in [0.3, 0.4) is 0 Å². The molecule has 0 aliphatic rings. The number of hydrogen-bond acceptors (Lipinski definition) is 3. The summed E-state index contributed by atoms with van der Waals surface area (Å²) in [6.07, 6.45) is 0.837. The van der Waals surface area contributed by atoms with Gasteiger partial charge in [-0.2, -0.15) is 0 Å². The fourth-order valence-electron chi connectivity index (χ4n) is 2.51. The van der Waals surface area contributed by atoms with Gasteiger partial charge in [-0.15, -0.1) is 0 Å². The molecule has 1 atom stereocenters. The predicted molar refractivity (Wildman–Crippen MR) is 98.7 cm³/mol. The maximum atomic E-state index is 14.0. The van der Waals surface area contributed by atoms with Crippen LogP contribution in [0.2, 0.25) is 0 Å². The van der Waals surface area contributed by atoms with Gasteiger partial charge in [0.2, 0.25) is 0 Å². The number of likely N-dealkylation sites (N-methyl/N-ethyl adjacent to an activating group) is 1. The number of anilines is 1. The number of nitrogens with zero attached hydrogens (tertiary/aromatic N) is 1. The van der Waals surface area contributed by atoms with Crippen molar-refractivity contribution in [3.63, 3.8) is 0 Å². The summed E-state index contributed by atoms with van der Waals surface area (Å²) >= 11 is 3.24. The van der Waals surface area contributed by atoms with Gasteiger partial charge in [0.05, 0.1) is 11.3 Å². The Bertz CT molecular complexity index is 707. The Kier molecular flexibility index (Phi) is 6.34. The maximum absolute atomic E-state index is 14.0. The zero-order valence-corrected chi connectivity index (χ0v) is 15.3. The van der Waals surface area contributed by atoms with Crippen molar-refractivity contribution >= 4 is 27.5 Å². The lowest BCUT2D eigenvalue weighted by atomic mass is 10.0. The molecule has 0 aliphatic heterocycles. The highest BCUT2D eigenvalue weighted by atomic mass is 79.9. The highest BCUT2D eigenvalue weighted by Crippen LogP contribution is 2.25. The van der Waals surface area contributed by atoms with Crippen molar-refractivity contribution in [2.75, 3.05) is 26.0 Å². The standard InChI is InChI=1S/C18H21BrFN3O/c1-23(2)14(8-12-6-4-3-5-7-12)11-22-16-10-13(19)9-15(20)17(16)18(21)24/h3-7,9-10,14,22H,8,11H2,1-2H3,(H2,21,24). The number of rotatable bonds is 7. The van der Waals surface area contributed by atoms with Crippen molar-refractivity contribution in [3.8, 4) is 0 Å². The number of carbonyl (C=O) groups excluding carboxylic acids is 1. The average Bonchev–Trinajstić information content (AvgIpc) is 2.51. The summed E-state index contributed by atoms with van der Waals surface area (Å²) in [5, 5.41) is 3.17. The summed E-state index contributed by atoms with van der Waals surface area (Å²) in [6.45, 7) is 0.554. The molecule has 2 aromatic carbocycles. The Morgan fingerprint density at radius 3 is 2.54 bits per heavy atom. The lowest BCUT2D eigenvalue weighted by Gasteiger charge is -2.26. The van der Waals surface area contributed by atoms with Crippen LogP contribution < -0.4 is 11.1 Å². The van der Waals surface area contributed by atoms with E-state index in [1.165, 1.54) is 11.6 Å². The molecule has 0 aromatic heterocycles. The van der Waals surface area contributed by atoms with Gasteiger partial charge in [-0.25, -0.2) is 4.39 Å². The number of nitrogens with two attached hydrogens (primary N) is 1. The SMILES string of the molecule is CN(C)C(CNc1cc(Br)cc(F)c1C(N)=O)Cc1ccccc1. The molecular weight excluding hydrogens is 373 g/mol. The van der Waals surface area contributed by atoms with E-state index in [1.807, 2.05) is 32.3 Å². The molecule has 0 radical (unpaired) electrons. The van der Waals surface area contributed by atoms with Gasteiger partial charge in [0.1, 0.15) is 5.82 Å². The molecule has 128 valence electrons. The second-order valence-electron chi connectivity index (χ2n) is 5.86. The molecule has 1 amide bonds. The molecule has 24 heavy (non-hydrogen) atoms. The van der Waals surface area contributed by atoms with Gasteiger partial charge in [0, 0.05) is 17.1 Å². The van der Waals surface area contributed by atoms with Crippen LogP contribution in [0.4, 0.5) is 10.1 Å². The van der Waals surface area contributed by atoms with E-state index in [2.05, 4.69) is 38.3 Å². The van der Waals surface area contributed by atoms with Gasteiger partial charge in [-0.3, -0.25) is 4.79 Å². The largest absolute Gasteiger partial charge is 0.383 e. The first-order valence-corrected chi connectivity index (χ1v) is 8.41. The van der Waals surface area contributed by atoms with Crippen molar-refractivity contribution in [1.29, 1.82) is 0 Å². The van der Waals surface area contributed by atoms with E-state index in [4.69, 9.17) is 5.73 Å². The van der Waals surface area contributed by atoms with Gasteiger partial charge in [-0.1, -0.05) is 46.3 Å². The first-order valence-electron chi connectivity index (χ1n) is 7.61. The fraction of sp³-hybridized carbons (Fsp3) is 0.278. The molecule has 0 bridgehead atoms. The van der Waals surface area contributed by atoms with E-state index in [0.29, 0.717) is 16.7 Å². The molecule has 2 aromatic rings. The highest BCUT2D eigenvalue weighted by molar-refractivity contribution is 9.10. The lowest BCUT2D eigenvalue weighted by molar-refractivity contribution is 0.0997. The molecule has 0 heterocycles. The quantitative estimate of drug-likeness (QED) is 0.758. The number of primary amides is 1. The number of nitrogens with one attached hydrogen (secondary N) is 1. The minimum absolute atomic E-state index is 0.115. The number of halogens is 2. The topological polar surface area (TPSA) is 58.4 Å². The van der Waals surface area contributed by atoms with Crippen LogP contribution in [0.1, 0.15) is 15.9 Å². The van der Waals surface area contributed by atoms with Crippen molar-refractivity contribution in [2.24, 2.45) is 5.73 Å².